The van der Waals surface area contributed by atoms with Gasteiger partial charge in [-0.05, 0) is 38.0 Å². The first kappa shape index (κ1) is 17.1. The summed E-state index contributed by atoms with van der Waals surface area (Å²) in [7, 11) is 0. The third kappa shape index (κ3) is 5.19. The Morgan fingerprint density at radius 2 is 2.05 bits per heavy atom. The third-order valence-electron chi connectivity index (χ3n) is 2.75. The van der Waals surface area contributed by atoms with Crippen molar-refractivity contribution in [3.8, 4) is 11.5 Å². The van der Waals surface area contributed by atoms with Gasteiger partial charge in [0.25, 0.3) is 0 Å². The molecule has 114 valence electrons. The van der Waals surface area contributed by atoms with E-state index in [-0.39, 0.29) is 12.6 Å². The standard InChI is InChI=1S/C15H24ClNO3/c1-4-6-20-15-13(16)7-12(8-14(15)19-5-2)9-17-11(3)10-18/h7-8,11,17-18H,4-6,9-10H2,1-3H3/t11-/m1/s1. The molecule has 1 rings (SSSR count). The van der Waals surface area contributed by atoms with Gasteiger partial charge in [0.15, 0.2) is 11.5 Å². The average molecular weight is 302 g/mol. The lowest BCUT2D eigenvalue weighted by molar-refractivity contribution is 0.250. The summed E-state index contributed by atoms with van der Waals surface area (Å²) in [6.07, 6.45) is 0.916. The molecule has 5 heteroatoms. The first-order valence-corrected chi connectivity index (χ1v) is 7.42. The van der Waals surface area contributed by atoms with Crippen LogP contribution in [-0.2, 0) is 6.54 Å². The van der Waals surface area contributed by atoms with Crippen molar-refractivity contribution in [2.45, 2.75) is 39.8 Å². The van der Waals surface area contributed by atoms with Crippen molar-refractivity contribution in [2.75, 3.05) is 19.8 Å². The van der Waals surface area contributed by atoms with Crippen molar-refractivity contribution in [3.05, 3.63) is 22.7 Å². The molecule has 0 radical (unpaired) electrons. The molecule has 1 atom stereocenters. The molecule has 1 aromatic carbocycles. The molecule has 0 fully saturated rings. The second kappa shape index (κ2) is 9.06. The van der Waals surface area contributed by atoms with Gasteiger partial charge in [0.2, 0.25) is 0 Å². The minimum atomic E-state index is 0.0420. The number of halogens is 1. The van der Waals surface area contributed by atoms with Gasteiger partial charge in [-0.2, -0.15) is 0 Å². The maximum atomic E-state index is 9.01. The third-order valence-corrected chi connectivity index (χ3v) is 3.03. The largest absolute Gasteiger partial charge is 0.490 e. The quantitative estimate of drug-likeness (QED) is 0.736. The Balaban J connectivity index is 2.87. The highest BCUT2D eigenvalue weighted by atomic mass is 35.5. The Morgan fingerprint density at radius 3 is 2.65 bits per heavy atom. The number of rotatable bonds is 9. The fraction of sp³-hybridized carbons (Fsp3) is 0.600. The lowest BCUT2D eigenvalue weighted by atomic mass is 10.2. The smallest absolute Gasteiger partial charge is 0.179 e. The zero-order valence-corrected chi connectivity index (χ0v) is 13.2. The number of hydrogen-bond acceptors (Lipinski definition) is 4. The number of nitrogens with one attached hydrogen (secondary N) is 1. The molecule has 20 heavy (non-hydrogen) atoms. The molecule has 0 unspecified atom stereocenters. The van der Waals surface area contributed by atoms with E-state index in [0.717, 1.165) is 12.0 Å². The summed E-state index contributed by atoms with van der Waals surface area (Å²) in [6, 6.07) is 3.84. The first-order chi connectivity index (χ1) is 9.62. The zero-order valence-electron chi connectivity index (χ0n) is 12.4. The summed E-state index contributed by atoms with van der Waals surface area (Å²) >= 11 is 6.27. The Bertz CT molecular complexity index is 412. The average Bonchev–Trinajstić information content (AvgIpc) is 2.44. The molecule has 0 amide bonds. The van der Waals surface area contributed by atoms with E-state index in [1.807, 2.05) is 32.9 Å². The fourth-order valence-electron chi connectivity index (χ4n) is 1.69. The van der Waals surface area contributed by atoms with E-state index in [2.05, 4.69) is 5.32 Å². The summed E-state index contributed by atoms with van der Waals surface area (Å²) in [5, 5.41) is 12.8. The van der Waals surface area contributed by atoms with Crippen LogP contribution < -0.4 is 14.8 Å². The topological polar surface area (TPSA) is 50.7 Å². The highest BCUT2D eigenvalue weighted by Crippen LogP contribution is 2.36. The molecule has 0 saturated carbocycles. The minimum absolute atomic E-state index is 0.0420. The van der Waals surface area contributed by atoms with Crippen LogP contribution in [0.3, 0.4) is 0 Å². The Kier molecular flexibility index (Phi) is 7.73. The van der Waals surface area contributed by atoms with E-state index in [9.17, 15) is 0 Å². The highest BCUT2D eigenvalue weighted by Gasteiger charge is 2.12. The van der Waals surface area contributed by atoms with Crippen LogP contribution >= 0.6 is 11.6 Å². The van der Waals surface area contributed by atoms with Gasteiger partial charge in [0.05, 0.1) is 24.8 Å². The molecule has 0 aliphatic heterocycles. The lowest BCUT2D eigenvalue weighted by Gasteiger charge is -2.16. The van der Waals surface area contributed by atoms with Crippen LogP contribution in [0.15, 0.2) is 12.1 Å². The van der Waals surface area contributed by atoms with Crippen molar-refractivity contribution in [1.29, 1.82) is 0 Å². The van der Waals surface area contributed by atoms with Gasteiger partial charge in [0, 0.05) is 12.6 Å². The monoisotopic (exact) mass is 301 g/mol. The van der Waals surface area contributed by atoms with E-state index >= 15 is 0 Å². The minimum Gasteiger partial charge on any atom is -0.490 e. The maximum Gasteiger partial charge on any atom is 0.179 e. The summed E-state index contributed by atoms with van der Waals surface area (Å²) < 4.78 is 11.3. The molecule has 0 aromatic heterocycles. The van der Waals surface area contributed by atoms with Crippen LogP contribution in [-0.4, -0.2) is 31.0 Å². The van der Waals surface area contributed by atoms with Crippen LogP contribution in [0.4, 0.5) is 0 Å². The predicted octanol–water partition coefficient (Wildman–Crippen LogP) is 3.00. The molecule has 1 aromatic rings. The van der Waals surface area contributed by atoms with Crippen molar-refractivity contribution < 1.29 is 14.6 Å². The summed E-state index contributed by atoms with van der Waals surface area (Å²) in [5.74, 6) is 1.27. The molecule has 0 spiro atoms. The normalized spacial score (nSPS) is 12.2. The van der Waals surface area contributed by atoms with Gasteiger partial charge in [-0.25, -0.2) is 0 Å². The van der Waals surface area contributed by atoms with Gasteiger partial charge >= 0.3 is 0 Å². The predicted molar refractivity (Wildman–Crippen MR) is 81.8 cm³/mol. The molecule has 0 aliphatic carbocycles. The van der Waals surface area contributed by atoms with Crippen LogP contribution in [0.5, 0.6) is 11.5 Å². The van der Waals surface area contributed by atoms with E-state index in [4.69, 9.17) is 26.2 Å². The summed E-state index contributed by atoms with van der Waals surface area (Å²) in [5.41, 5.74) is 1.00. The lowest BCUT2D eigenvalue weighted by Crippen LogP contribution is -2.28. The van der Waals surface area contributed by atoms with Gasteiger partial charge in [0.1, 0.15) is 0 Å². The van der Waals surface area contributed by atoms with Gasteiger partial charge in [-0.15, -0.1) is 0 Å². The molecular weight excluding hydrogens is 278 g/mol. The summed E-state index contributed by atoms with van der Waals surface area (Å²) in [6.45, 7) is 7.78. The second-order valence-electron chi connectivity index (χ2n) is 4.65. The molecule has 0 aliphatic rings. The number of benzene rings is 1. The number of aliphatic hydroxyl groups is 1. The van der Waals surface area contributed by atoms with Gasteiger partial charge in [-0.3, -0.25) is 0 Å². The van der Waals surface area contributed by atoms with Crippen molar-refractivity contribution >= 4 is 11.6 Å². The molecular formula is C15H24ClNO3. The van der Waals surface area contributed by atoms with E-state index in [1.54, 1.807) is 0 Å². The highest BCUT2D eigenvalue weighted by molar-refractivity contribution is 6.32. The van der Waals surface area contributed by atoms with Crippen LogP contribution in [0, 0.1) is 0 Å². The summed E-state index contributed by atoms with van der Waals surface area (Å²) in [4.78, 5) is 0. The van der Waals surface area contributed by atoms with Crippen molar-refractivity contribution in [2.24, 2.45) is 0 Å². The molecule has 4 nitrogen and oxygen atoms in total. The number of hydrogen-bond donors (Lipinski definition) is 2. The van der Waals surface area contributed by atoms with E-state index < -0.39 is 0 Å². The molecule has 0 saturated heterocycles. The Morgan fingerprint density at radius 1 is 1.30 bits per heavy atom. The van der Waals surface area contributed by atoms with Gasteiger partial charge < -0.3 is 19.9 Å². The molecule has 0 heterocycles. The van der Waals surface area contributed by atoms with E-state index in [1.165, 1.54) is 0 Å². The first-order valence-electron chi connectivity index (χ1n) is 7.04. The van der Waals surface area contributed by atoms with Gasteiger partial charge in [-0.1, -0.05) is 18.5 Å². The number of ether oxygens (including phenoxy) is 2. The zero-order chi connectivity index (χ0) is 15.0. The van der Waals surface area contributed by atoms with Crippen molar-refractivity contribution in [1.82, 2.24) is 5.32 Å². The number of aliphatic hydroxyl groups excluding tert-OH is 1. The van der Waals surface area contributed by atoms with E-state index in [0.29, 0.717) is 36.3 Å². The Labute approximate surface area is 126 Å². The molecule has 0 bridgehead atoms. The van der Waals surface area contributed by atoms with Crippen LogP contribution in [0.2, 0.25) is 5.02 Å². The SMILES string of the molecule is CCCOc1c(Cl)cc(CN[C@H](C)CO)cc1OCC. The Hall–Kier alpha value is -0.970. The second-order valence-corrected chi connectivity index (χ2v) is 5.06. The van der Waals surface area contributed by atoms with Crippen molar-refractivity contribution in [3.63, 3.8) is 0 Å². The molecule has 2 N–H and O–H groups in total. The van der Waals surface area contributed by atoms with Crippen LogP contribution in [0.1, 0.15) is 32.8 Å². The van der Waals surface area contributed by atoms with Crippen LogP contribution in [0.25, 0.3) is 0 Å². The maximum absolute atomic E-state index is 9.01. The fourth-order valence-corrected chi connectivity index (χ4v) is 1.98.